The summed E-state index contributed by atoms with van der Waals surface area (Å²) in [6.45, 7) is 7.70. The van der Waals surface area contributed by atoms with Crippen LogP contribution in [0.1, 0.15) is 49.5 Å². The van der Waals surface area contributed by atoms with Gasteiger partial charge in [-0.2, -0.15) is 0 Å². The highest BCUT2D eigenvalue weighted by atomic mass is 16.5. The Morgan fingerprint density at radius 3 is 2.35 bits per heavy atom. The van der Waals surface area contributed by atoms with Gasteiger partial charge in [-0.1, -0.05) is 12.1 Å². The lowest BCUT2D eigenvalue weighted by Crippen LogP contribution is -2.48. The SMILES string of the molecule is CC1CN(C(=O)c2ccc(CNC(=O)NC(C)C3CC3)cc2)CC(C)O1. The highest BCUT2D eigenvalue weighted by Gasteiger charge is 2.29. The number of carbonyl (C=O) groups is 2. The summed E-state index contributed by atoms with van der Waals surface area (Å²) in [6.07, 6.45) is 2.53. The number of rotatable bonds is 5. The van der Waals surface area contributed by atoms with E-state index in [9.17, 15) is 9.59 Å². The molecule has 1 aliphatic carbocycles. The smallest absolute Gasteiger partial charge is 0.315 e. The van der Waals surface area contributed by atoms with Crippen LogP contribution in [0.3, 0.4) is 0 Å². The van der Waals surface area contributed by atoms with Crippen LogP contribution in [0.15, 0.2) is 24.3 Å². The second kappa shape index (κ2) is 8.08. The second-order valence-electron chi connectivity index (χ2n) is 7.62. The molecule has 3 amide bonds. The van der Waals surface area contributed by atoms with E-state index in [1.165, 1.54) is 12.8 Å². The molecule has 1 aromatic rings. The van der Waals surface area contributed by atoms with E-state index in [-0.39, 0.29) is 30.2 Å². The molecule has 0 radical (unpaired) electrons. The summed E-state index contributed by atoms with van der Waals surface area (Å²) >= 11 is 0. The van der Waals surface area contributed by atoms with Crippen LogP contribution >= 0.6 is 0 Å². The van der Waals surface area contributed by atoms with Gasteiger partial charge in [0.15, 0.2) is 0 Å². The van der Waals surface area contributed by atoms with Crippen LogP contribution in [0.25, 0.3) is 0 Å². The van der Waals surface area contributed by atoms with E-state index in [0.717, 1.165) is 5.56 Å². The summed E-state index contributed by atoms with van der Waals surface area (Å²) in [4.78, 5) is 26.4. The molecule has 1 aliphatic heterocycles. The van der Waals surface area contributed by atoms with E-state index < -0.39 is 0 Å². The normalized spacial score (nSPS) is 24.0. The summed E-state index contributed by atoms with van der Waals surface area (Å²) in [7, 11) is 0. The van der Waals surface area contributed by atoms with E-state index in [0.29, 0.717) is 31.1 Å². The topological polar surface area (TPSA) is 70.7 Å². The molecule has 0 bridgehead atoms. The average molecular weight is 359 g/mol. The molecule has 3 unspecified atom stereocenters. The zero-order valence-electron chi connectivity index (χ0n) is 15.8. The molecule has 2 N–H and O–H groups in total. The summed E-state index contributed by atoms with van der Waals surface area (Å²) in [5.74, 6) is 0.666. The van der Waals surface area contributed by atoms with Crippen molar-refractivity contribution >= 4 is 11.9 Å². The predicted molar refractivity (Wildman–Crippen MR) is 99.9 cm³/mol. The number of nitrogens with one attached hydrogen (secondary N) is 2. The van der Waals surface area contributed by atoms with Crippen molar-refractivity contribution in [2.45, 2.75) is 58.4 Å². The van der Waals surface area contributed by atoms with Crippen molar-refractivity contribution < 1.29 is 14.3 Å². The number of benzene rings is 1. The Morgan fingerprint density at radius 2 is 1.77 bits per heavy atom. The zero-order chi connectivity index (χ0) is 18.7. The number of nitrogens with zero attached hydrogens (tertiary/aromatic N) is 1. The van der Waals surface area contributed by atoms with Gasteiger partial charge in [-0.25, -0.2) is 4.79 Å². The third-order valence-corrected chi connectivity index (χ3v) is 5.05. The minimum atomic E-state index is -0.138. The maximum absolute atomic E-state index is 12.6. The third kappa shape index (κ3) is 4.97. The van der Waals surface area contributed by atoms with Crippen LogP contribution in [0.4, 0.5) is 4.79 Å². The number of carbonyl (C=O) groups excluding carboxylic acids is 2. The van der Waals surface area contributed by atoms with Crippen LogP contribution < -0.4 is 10.6 Å². The lowest BCUT2D eigenvalue weighted by atomic mass is 10.1. The lowest BCUT2D eigenvalue weighted by Gasteiger charge is -2.35. The molecule has 0 aromatic heterocycles. The number of ether oxygens (including phenoxy) is 1. The molecule has 3 rings (SSSR count). The minimum absolute atomic E-state index is 0.0301. The van der Waals surface area contributed by atoms with Gasteiger partial charge < -0.3 is 20.3 Å². The number of morpholine rings is 1. The molecule has 1 heterocycles. The van der Waals surface area contributed by atoms with E-state index in [1.807, 2.05) is 49.9 Å². The Hall–Kier alpha value is -2.08. The van der Waals surface area contributed by atoms with Crippen molar-refractivity contribution in [2.75, 3.05) is 13.1 Å². The third-order valence-electron chi connectivity index (χ3n) is 5.05. The standard InChI is InChI=1S/C20H29N3O3/c1-13-11-23(12-14(2)26-13)19(24)18-6-4-16(5-7-18)10-21-20(25)22-15(3)17-8-9-17/h4-7,13-15,17H,8-12H2,1-3H3,(H2,21,22,25). The first-order valence-corrected chi connectivity index (χ1v) is 9.50. The van der Waals surface area contributed by atoms with E-state index in [2.05, 4.69) is 10.6 Å². The fraction of sp³-hybridized carbons (Fsp3) is 0.600. The first kappa shape index (κ1) is 18.7. The first-order valence-electron chi connectivity index (χ1n) is 9.50. The number of urea groups is 1. The molecule has 1 aromatic carbocycles. The van der Waals surface area contributed by atoms with Gasteiger partial charge in [-0.15, -0.1) is 0 Å². The molecule has 26 heavy (non-hydrogen) atoms. The highest BCUT2D eigenvalue weighted by molar-refractivity contribution is 5.94. The monoisotopic (exact) mass is 359 g/mol. The van der Waals surface area contributed by atoms with Gasteiger partial charge in [0.1, 0.15) is 0 Å². The maximum Gasteiger partial charge on any atom is 0.315 e. The summed E-state index contributed by atoms with van der Waals surface area (Å²) in [6, 6.07) is 7.54. The molecule has 6 heteroatoms. The van der Waals surface area contributed by atoms with Crippen molar-refractivity contribution in [1.82, 2.24) is 15.5 Å². The largest absolute Gasteiger partial charge is 0.372 e. The maximum atomic E-state index is 12.6. The fourth-order valence-corrected chi connectivity index (χ4v) is 3.45. The Morgan fingerprint density at radius 1 is 1.15 bits per heavy atom. The molecule has 6 nitrogen and oxygen atoms in total. The van der Waals surface area contributed by atoms with Crippen molar-refractivity contribution in [2.24, 2.45) is 5.92 Å². The van der Waals surface area contributed by atoms with Gasteiger partial charge in [0, 0.05) is 31.2 Å². The molecule has 2 aliphatic rings. The number of hydrogen-bond acceptors (Lipinski definition) is 3. The fourth-order valence-electron chi connectivity index (χ4n) is 3.45. The summed E-state index contributed by atoms with van der Waals surface area (Å²) in [5.41, 5.74) is 1.64. The zero-order valence-corrected chi connectivity index (χ0v) is 15.8. The van der Waals surface area contributed by atoms with Crippen LogP contribution in [0.5, 0.6) is 0 Å². The van der Waals surface area contributed by atoms with Gasteiger partial charge in [-0.05, 0) is 57.2 Å². The Bertz CT molecular complexity index is 632. The average Bonchev–Trinajstić information content (AvgIpc) is 3.44. The molecule has 3 atom stereocenters. The van der Waals surface area contributed by atoms with Gasteiger partial charge in [0.25, 0.3) is 5.91 Å². The second-order valence-corrected chi connectivity index (χ2v) is 7.62. The van der Waals surface area contributed by atoms with Crippen molar-refractivity contribution in [3.05, 3.63) is 35.4 Å². The molecule has 2 fully saturated rings. The molecule has 1 saturated heterocycles. The molecule has 142 valence electrons. The van der Waals surface area contributed by atoms with E-state index >= 15 is 0 Å². The molecule has 0 spiro atoms. The van der Waals surface area contributed by atoms with Gasteiger partial charge in [-0.3, -0.25) is 4.79 Å². The van der Waals surface area contributed by atoms with Crippen molar-refractivity contribution in [3.63, 3.8) is 0 Å². The number of amides is 3. The van der Waals surface area contributed by atoms with Crippen LogP contribution in [-0.2, 0) is 11.3 Å². The van der Waals surface area contributed by atoms with Crippen LogP contribution in [0, 0.1) is 5.92 Å². The molecular weight excluding hydrogens is 330 g/mol. The van der Waals surface area contributed by atoms with E-state index in [4.69, 9.17) is 4.74 Å². The Labute approximate surface area is 155 Å². The van der Waals surface area contributed by atoms with Crippen LogP contribution in [0.2, 0.25) is 0 Å². The summed E-state index contributed by atoms with van der Waals surface area (Å²) in [5, 5.41) is 5.84. The lowest BCUT2D eigenvalue weighted by molar-refractivity contribution is -0.0586. The van der Waals surface area contributed by atoms with Crippen molar-refractivity contribution in [3.8, 4) is 0 Å². The van der Waals surface area contributed by atoms with Gasteiger partial charge in [0.05, 0.1) is 12.2 Å². The Kier molecular flexibility index (Phi) is 5.81. The Balaban J connectivity index is 1.49. The first-order chi connectivity index (χ1) is 12.4. The number of hydrogen-bond donors (Lipinski definition) is 2. The van der Waals surface area contributed by atoms with Crippen LogP contribution in [-0.4, -0.2) is 48.2 Å². The van der Waals surface area contributed by atoms with Crippen molar-refractivity contribution in [1.29, 1.82) is 0 Å². The molecular formula is C20H29N3O3. The molecule has 1 saturated carbocycles. The quantitative estimate of drug-likeness (QED) is 0.849. The van der Waals surface area contributed by atoms with Gasteiger partial charge in [0.2, 0.25) is 0 Å². The highest BCUT2D eigenvalue weighted by Crippen LogP contribution is 2.32. The van der Waals surface area contributed by atoms with Gasteiger partial charge >= 0.3 is 6.03 Å². The minimum Gasteiger partial charge on any atom is -0.372 e. The summed E-state index contributed by atoms with van der Waals surface area (Å²) < 4.78 is 5.68. The predicted octanol–water partition coefficient (Wildman–Crippen LogP) is 2.53. The van der Waals surface area contributed by atoms with E-state index in [1.54, 1.807) is 0 Å².